The van der Waals surface area contributed by atoms with Crippen molar-refractivity contribution in [3.05, 3.63) is 101 Å². The maximum atomic E-state index is 12.0. The summed E-state index contributed by atoms with van der Waals surface area (Å²) in [5.74, 6) is 1.06. The van der Waals surface area contributed by atoms with Gasteiger partial charge in [0.2, 0.25) is 0 Å². The minimum Gasteiger partial charge on any atom is -0.496 e. The van der Waals surface area contributed by atoms with E-state index in [9.17, 15) is 4.79 Å². The van der Waals surface area contributed by atoms with E-state index in [-0.39, 0.29) is 12.1 Å². The number of para-hydroxylation sites is 1. The van der Waals surface area contributed by atoms with Gasteiger partial charge in [0.15, 0.2) is 0 Å². The number of hydrogen-bond acceptors (Lipinski definition) is 3. The number of carbonyl (C=O) groups is 1. The fraction of sp³-hybridized carbons (Fsp3) is 0.269. The van der Waals surface area contributed by atoms with E-state index in [2.05, 4.69) is 59.9 Å². The molecule has 29 heavy (non-hydrogen) atoms. The summed E-state index contributed by atoms with van der Waals surface area (Å²) in [7, 11) is 1.65. The van der Waals surface area contributed by atoms with Crippen molar-refractivity contribution in [3.8, 4) is 5.75 Å². The molecule has 1 aliphatic carbocycles. The molecule has 1 N–H and O–H groups in total. The first-order valence-electron chi connectivity index (χ1n) is 10.3. The smallest absolute Gasteiger partial charge is 0.141 e. The van der Waals surface area contributed by atoms with Crippen molar-refractivity contribution in [2.75, 3.05) is 7.11 Å². The number of carbonyl (C=O) groups excluding carboxylic acids is 1. The number of aldehydes is 1. The number of hydrogen-bond donors (Lipinski definition) is 1. The van der Waals surface area contributed by atoms with Crippen LogP contribution in [0.5, 0.6) is 5.75 Å². The van der Waals surface area contributed by atoms with Crippen LogP contribution in [-0.4, -0.2) is 19.4 Å². The summed E-state index contributed by atoms with van der Waals surface area (Å²) in [6.45, 7) is 0. The summed E-state index contributed by atoms with van der Waals surface area (Å²) in [6.07, 6.45) is 3.98. The zero-order valence-corrected chi connectivity index (χ0v) is 16.8. The Bertz CT molecular complexity index is 954. The van der Waals surface area contributed by atoms with E-state index < -0.39 is 0 Å². The highest BCUT2D eigenvalue weighted by molar-refractivity contribution is 5.64. The minimum absolute atomic E-state index is 0.213. The molecule has 0 aromatic heterocycles. The quantitative estimate of drug-likeness (QED) is 0.590. The normalized spacial score (nSPS) is 19.2. The van der Waals surface area contributed by atoms with Gasteiger partial charge in [0, 0.05) is 17.5 Å². The molecule has 0 aliphatic heterocycles. The summed E-state index contributed by atoms with van der Waals surface area (Å²) in [6, 6.07) is 26.9. The fourth-order valence-corrected chi connectivity index (χ4v) is 4.53. The fourth-order valence-electron chi connectivity index (χ4n) is 4.53. The van der Waals surface area contributed by atoms with Crippen molar-refractivity contribution in [1.29, 1.82) is 0 Å². The zero-order valence-electron chi connectivity index (χ0n) is 16.8. The molecule has 3 nitrogen and oxygen atoms in total. The topological polar surface area (TPSA) is 38.3 Å². The summed E-state index contributed by atoms with van der Waals surface area (Å²) in [5.41, 5.74) is 5.03. The molecule has 0 bridgehead atoms. The molecule has 4 rings (SSSR count). The van der Waals surface area contributed by atoms with Gasteiger partial charge in [-0.1, -0.05) is 72.8 Å². The molecule has 0 amide bonds. The molecule has 0 fully saturated rings. The van der Waals surface area contributed by atoms with Gasteiger partial charge in [0.05, 0.1) is 13.2 Å². The molecule has 1 unspecified atom stereocenters. The number of aryl methyl sites for hydroxylation is 1. The molecule has 1 aliphatic rings. The highest BCUT2D eigenvalue weighted by Gasteiger charge is 2.31. The first-order valence-corrected chi connectivity index (χ1v) is 10.3. The third-order valence-corrected chi connectivity index (χ3v) is 5.97. The van der Waals surface area contributed by atoms with Crippen molar-refractivity contribution < 1.29 is 9.53 Å². The van der Waals surface area contributed by atoms with Crippen molar-refractivity contribution in [2.24, 2.45) is 0 Å². The molecule has 0 spiro atoms. The van der Waals surface area contributed by atoms with Crippen molar-refractivity contribution in [2.45, 2.75) is 37.3 Å². The monoisotopic (exact) mass is 385 g/mol. The lowest BCUT2D eigenvalue weighted by Crippen LogP contribution is -2.42. The molecule has 3 atom stereocenters. The number of rotatable bonds is 7. The third-order valence-electron chi connectivity index (χ3n) is 5.97. The molecule has 0 saturated heterocycles. The second-order valence-corrected chi connectivity index (χ2v) is 7.66. The molecule has 0 saturated carbocycles. The van der Waals surface area contributed by atoms with E-state index in [1.807, 2.05) is 24.3 Å². The van der Waals surface area contributed by atoms with Gasteiger partial charge in [-0.25, -0.2) is 0 Å². The SMILES string of the molecule is COc1ccccc1C(C=O)N[C@H]1CCc2ccccc2[C@H]1Cc1ccccc1. The van der Waals surface area contributed by atoms with Gasteiger partial charge < -0.3 is 14.8 Å². The molecule has 148 valence electrons. The highest BCUT2D eigenvalue weighted by Crippen LogP contribution is 2.36. The number of ether oxygens (including phenoxy) is 1. The minimum atomic E-state index is -0.389. The van der Waals surface area contributed by atoms with Crippen LogP contribution in [0.4, 0.5) is 0 Å². The highest BCUT2D eigenvalue weighted by atomic mass is 16.5. The van der Waals surface area contributed by atoms with E-state index in [1.54, 1.807) is 7.11 Å². The molecule has 3 heteroatoms. The number of benzene rings is 3. The summed E-state index contributed by atoms with van der Waals surface area (Å²) >= 11 is 0. The van der Waals surface area contributed by atoms with Crippen LogP contribution < -0.4 is 10.1 Å². The largest absolute Gasteiger partial charge is 0.496 e. The predicted octanol–water partition coefficient (Wildman–Crippen LogP) is 4.87. The second-order valence-electron chi connectivity index (χ2n) is 7.66. The third kappa shape index (κ3) is 4.25. The van der Waals surface area contributed by atoms with Crippen LogP contribution in [0.2, 0.25) is 0 Å². The standard InChI is InChI=1S/C26H27NO2/c1-29-26-14-8-7-13-22(26)25(18-28)27-24-16-15-20-11-5-6-12-21(20)23(24)17-19-9-3-2-4-10-19/h2-14,18,23-25,27H,15-17H2,1H3/t23-,24+,25?/m1/s1. The Morgan fingerprint density at radius 2 is 1.72 bits per heavy atom. The van der Waals surface area contributed by atoms with Crippen LogP contribution in [0.25, 0.3) is 0 Å². The van der Waals surface area contributed by atoms with E-state index in [1.165, 1.54) is 16.7 Å². The first kappa shape index (κ1) is 19.4. The summed E-state index contributed by atoms with van der Waals surface area (Å²) in [4.78, 5) is 12.0. The maximum absolute atomic E-state index is 12.0. The molecular weight excluding hydrogens is 358 g/mol. The average molecular weight is 386 g/mol. The van der Waals surface area contributed by atoms with E-state index in [0.717, 1.165) is 36.9 Å². The summed E-state index contributed by atoms with van der Waals surface area (Å²) < 4.78 is 5.50. The Morgan fingerprint density at radius 3 is 2.52 bits per heavy atom. The number of fused-ring (bicyclic) bond motifs is 1. The Kier molecular flexibility index (Phi) is 6.06. The molecule has 3 aromatic rings. The van der Waals surface area contributed by atoms with Crippen molar-refractivity contribution in [3.63, 3.8) is 0 Å². The van der Waals surface area contributed by atoms with Crippen LogP contribution in [0.15, 0.2) is 78.9 Å². The molecule has 3 aromatic carbocycles. The Labute approximate surface area is 172 Å². The van der Waals surface area contributed by atoms with Crippen LogP contribution in [0.1, 0.15) is 40.6 Å². The van der Waals surface area contributed by atoms with Crippen LogP contribution in [0.3, 0.4) is 0 Å². The first-order chi connectivity index (χ1) is 14.3. The Hall–Kier alpha value is -2.91. The maximum Gasteiger partial charge on any atom is 0.141 e. The van der Waals surface area contributed by atoms with Gasteiger partial charge in [-0.2, -0.15) is 0 Å². The van der Waals surface area contributed by atoms with Gasteiger partial charge >= 0.3 is 0 Å². The lowest BCUT2D eigenvalue weighted by molar-refractivity contribution is -0.110. The lowest BCUT2D eigenvalue weighted by atomic mass is 9.76. The van der Waals surface area contributed by atoms with E-state index in [4.69, 9.17) is 4.74 Å². The van der Waals surface area contributed by atoms with Crippen LogP contribution in [0, 0.1) is 0 Å². The molecular formula is C26H27NO2. The average Bonchev–Trinajstić information content (AvgIpc) is 2.79. The zero-order chi connectivity index (χ0) is 20.1. The van der Waals surface area contributed by atoms with E-state index in [0.29, 0.717) is 5.92 Å². The lowest BCUT2D eigenvalue weighted by Gasteiger charge is -2.36. The van der Waals surface area contributed by atoms with Crippen LogP contribution >= 0.6 is 0 Å². The second kappa shape index (κ2) is 9.06. The Balaban J connectivity index is 1.64. The number of methoxy groups -OCH3 is 1. The van der Waals surface area contributed by atoms with Gasteiger partial charge in [0.1, 0.15) is 12.0 Å². The van der Waals surface area contributed by atoms with Gasteiger partial charge in [-0.3, -0.25) is 0 Å². The van der Waals surface area contributed by atoms with Gasteiger partial charge in [0.25, 0.3) is 0 Å². The van der Waals surface area contributed by atoms with E-state index >= 15 is 0 Å². The molecule has 0 radical (unpaired) electrons. The van der Waals surface area contributed by atoms with Crippen molar-refractivity contribution in [1.82, 2.24) is 5.32 Å². The summed E-state index contributed by atoms with van der Waals surface area (Å²) in [5, 5.41) is 3.66. The van der Waals surface area contributed by atoms with Crippen molar-refractivity contribution >= 4 is 6.29 Å². The predicted molar refractivity (Wildman–Crippen MR) is 116 cm³/mol. The van der Waals surface area contributed by atoms with Gasteiger partial charge in [-0.15, -0.1) is 0 Å². The molecule has 0 heterocycles. The van der Waals surface area contributed by atoms with Crippen LogP contribution in [-0.2, 0) is 17.6 Å². The number of nitrogens with one attached hydrogen (secondary N) is 1. The van der Waals surface area contributed by atoms with Gasteiger partial charge in [-0.05, 0) is 42.0 Å². The Morgan fingerprint density at radius 1 is 1.00 bits per heavy atom.